The SMILES string of the molecule is COc1c(-c2ccccc2P(C(C)C)C(C)C)cc(C(C)(C)C)cc1-c1ccccc1P(C(C)C)C(C)C. The van der Waals surface area contributed by atoms with Crippen LogP contribution in [0.2, 0.25) is 0 Å². The molecule has 0 heterocycles. The van der Waals surface area contributed by atoms with Gasteiger partial charge in [0, 0.05) is 11.1 Å². The summed E-state index contributed by atoms with van der Waals surface area (Å²) in [6, 6.07) is 23.0. The Morgan fingerprint density at radius 3 is 1.18 bits per heavy atom. The Kier molecular flexibility index (Phi) is 10.3. The lowest BCUT2D eigenvalue weighted by molar-refractivity contribution is 0.417. The van der Waals surface area contributed by atoms with Gasteiger partial charge in [-0.3, -0.25) is 0 Å². The second-order valence-corrected chi connectivity index (χ2v) is 19.3. The van der Waals surface area contributed by atoms with Crippen LogP contribution in [0.5, 0.6) is 5.75 Å². The number of benzene rings is 3. The minimum atomic E-state index is -0.323. The summed E-state index contributed by atoms with van der Waals surface area (Å²) >= 11 is 0. The first-order chi connectivity index (χ1) is 17.8. The number of rotatable bonds is 9. The van der Waals surface area contributed by atoms with E-state index in [-0.39, 0.29) is 21.3 Å². The van der Waals surface area contributed by atoms with E-state index in [1.165, 1.54) is 38.4 Å². The standard InChI is InChI=1S/C35H50OP2/c1-23(2)37(24(3)4)32-19-15-13-17-28(32)30-21-27(35(9,10)11)22-31(34(30)36-12)29-18-14-16-20-33(29)38(25(5)6)26(7)8/h13-26H,1-12H3. The van der Waals surface area contributed by atoms with Gasteiger partial charge < -0.3 is 4.74 Å². The summed E-state index contributed by atoms with van der Waals surface area (Å²) in [7, 11) is 1.21. The highest BCUT2D eigenvalue weighted by molar-refractivity contribution is 7.67. The Bertz CT molecular complexity index is 1120. The molecule has 3 aromatic rings. The van der Waals surface area contributed by atoms with Gasteiger partial charge in [-0.05, 0) is 67.5 Å². The molecular weight excluding hydrogens is 498 g/mol. The van der Waals surface area contributed by atoms with Gasteiger partial charge in [-0.1, -0.05) is 141 Å². The number of hydrogen-bond acceptors (Lipinski definition) is 1. The first-order valence-electron chi connectivity index (χ1n) is 14.3. The van der Waals surface area contributed by atoms with Crippen molar-refractivity contribution in [3.63, 3.8) is 0 Å². The van der Waals surface area contributed by atoms with Gasteiger partial charge in [0.05, 0.1) is 7.11 Å². The van der Waals surface area contributed by atoms with Gasteiger partial charge >= 0.3 is 0 Å². The van der Waals surface area contributed by atoms with Crippen LogP contribution in [-0.2, 0) is 5.41 Å². The molecule has 3 aromatic carbocycles. The fourth-order valence-corrected chi connectivity index (χ4v) is 11.9. The molecule has 0 aliphatic carbocycles. The van der Waals surface area contributed by atoms with E-state index in [0.717, 1.165) is 5.75 Å². The maximum Gasteiger partial charge on any atom is 0.134 e. The van der Waals surface area contributed by atoms with Crippen molar-refractivity contribution >= 4 is 26.5 Å². The molecular formula is C35H50OP2. The molecule has 0 fully saturated rings. The normalized spacial score (nSPS) is 12.6. The minimum absolute atomic E-state index is 0.0152. The molecule has 0 atom stereocenters. The van der Waals surface area contributed by atoms with Crippen LogP contribution >= 0.6 is 15.8 Å². The number of hydrogen-bond donors (Lipinski definition) is 0. The highest BCUT2D eigenvalue weighted by atomic mass is 31.1. The van der Waals surface area contributed by atoms with Crippen LogP contribution in [0.3, 0.4) is 0 Å². The molecule has 1 nitrogen and oxygen atoms in total. The molecule has 3 heteroatoms. The third-order valence-electron chi connectivity index (χ3n) is 7.33. The van der Waals surface area contributed by atoms with Crippen LogP contribution in [0, 0.1) is 0 Å². The van der Waals surface area contributed by atoms with Gasteiger partial charge in [-0.25, -0.2) is 0 Å². The summed E-state index contributed by atoms with van der Waals surface area (Å²) in [5.74, 6) is 1.00. The number of ether oxygens (including phenoxy) is 1. The molecule has 0 aliphatic rings. The summed E-state index contributed by atoms with van der Waals surface area (Å²) in [6.45, 7) is 26.0. The van der Waals surface area contributed by atoms with Crippen molar-refractivity contribution in [3.05, 3.63) is 66.2 Å². The number of methoxy groups -OCH3 is 1. The van der Waals surface area contributed by atoms with E-state index < -0.39 is 0 Å². The van der Waals surface area contributed by atoms with Gasteiger partial charge in [0.2, 0.25) is 0 Å². The van der Waals surface area contributed by atoms with Crippen molar-refractivity contribution in [2.24, 2.45) is 0 Å². The average Bonchev–Trinajstić information content (AvgIpc) is 2.82. The van der Waals surface area contributed by atoms with Gasteiger partial charge in [-0.15, -0.1) is 0 Å². The van der Waals surface area contributed by atoms with E-state index in [4.69, 9.17) is 4.74 Å². The predicted octanol–water partition coefficient (Wildman–Crippen LogP) is 10.2. The molecule has 0 bridgehead atoms. The van der Waals surface area contributed by atoms with Crippen molar-refractivity contribution in [1.29, 1.82) is 0 Å². The first-order valence-corrected chi connectivity index (χ1v) is 17.2. The Hall–Kier alpha value is -1.68. The average molecular weight is 549 g/mol. The van der Waals surface area contributed by atoms with Crippen LogP contribution < -0.4 is 15.3 Å². The van der Waals surface area contributed by atoms with Crippen LogP contribution in [-0.4, -0.2) is 29.7 Å². The summed E-state index contributed by atoms with van der Waals surface area (Å²) in [5, 5.41) is 2.98. The summed E-state index contributed by atoms with van der Waals surface area (Å²) in [4.78, 5) is 0. The van der Waals surface area contributed by atoms with Crippen LogP contribution in [0.4, 0.5) is 0 Å². The minimum Gasteiger partial charge on any atom is -0.495 e. The Balaban J connectivity index is 2.45. The molecule has 0 radical (unpaired) electrons. The Morgan fingerprint density at radius 2 is 0.895 bits per heavy atom. The highest BCUT2D eigenvalue weighted by Gasteiger charge is 2.28. The molecule has 0 aliphatic heterocycles. The van der Waals surface area contributed by atoms with Crippen LogP contribution in [0.1, 0.15) is 81.7 Å². The maximum atomic E-state index is 6.38. The topological polar surface area (TPSA) is 9.23 Å². The Morgan fingerprint density at radius 1 is 0.553 bits per heavy atom. The molecule has 0 aromatic heterocycles. The lowest BCUT2D eigenvalue weighted by Gasteiger charge is -2.31. The Labute approximate surface area is 236 Å². The lowest BCUT2D eigenvalue weighted by atomic mass is 9.82. The molecule has 206 valence electrons. The highest BCUT2D eigenvalue weighted by Crippen LogP contribution is 2.52. The quantitative estimate of drug-likeness (QED) is 0.242. The molecule has 0 N–H and O–H groups in total. The zero-order valence-electron chi connectivity index (χ0n) is 25.9. The molecule has 38 heavy (non-hydrogen) atoms. The van der Waals surface area contributed by atoms with E-state index in [9.17, 15) is 0 Å². The zero-order valence-corrected chi connectivity index (χ0v) is 27.7. The van der Waals surface area contributed by atoms with Gasteiger partial charge in [-0.2, -0.15) is 0 Å². The third kappa shape index (κ3) is 6.54. The van der Waals surface area contributed by atoms with Crippen molar-refractivity contribution in [2.75, 3.05) is 7.11 Å². The summed E-state index contributed by atoms with van der Waals surface area (Å²) in [5.41, 5.74) is 8.95. The molecule has 0 saturated heterocycles. The maximum absolute atomic E-state index is 6.38. The van der Waals surface area contributed by atoms with Gasteiger partial charge in [0.1, 0.15) is 5.75 Å². The van der Waals surface area contributed by atoms with Crippen LogP contribution in [0.15, 0.2) is 60.7 Å². The molecule has 0 saturated carbocycles. The van der Waals surface area contributed by atoms with E-state index in [1.807, 2.05) is 7.11 Å². The van der Waals surface area contributed by atoms with Crippen LogP contribution in [0.25, 0.3) is 22.3 Å². The van der Waals surface area contributed by atoms with Crippen molar-refractivity contribution in [2.45, 2.75) is 104 Å². The second-order valence-electron chi connectivity index (χ2n) is 12.6. The third-order valence-corrected chi connectivity index (χ3v) is 13.7. The van der Waals surface area contributed by atoms with Gasteiger partial charge in [0.15, 0.2) is 0 Å². The van der Waals surface area contributed by atoms with Crippen molar-refractivity contribution in [1.82, 2.24) is 0 Å². The molecule has 0 unspecified atom stereocenters. The van der Waals surface area contributed by atoms with Gasteiger partial charge in [0.25, 0.3) is 0 Å². The van der Waals surface area contributed by atoms with Crippen molar-refractivity contribution in [3.8, 4) is 28.0 Å². The summed E-state index contributed by atoms with van der Waals surface area (Å²) < 4.78 is 6.38. The monoisotopic (exact) mass is 548 g/mol. The van der Waals surface area contributed by atoms with E-state index in [1.54, 1.807) is 0 Å². The first kappa shape index (κ1) is 30.9. The van der Waals surface area contributed by atoms with E-state index >= 15 is 0 Å². The molecule has 0 spiro atoms. The zero-order chi connectivity index (χ0) is 28.4. The smallest absolute Gasteiger partial charge is 0.134 e. The molecule has 0 amide bonds. The fourth-order valence-electron chi connectivity index (χ4n) is 5.84. The summed E-state index contributed by atoms with van der Waals surface area (Å²) in [6.07, 6.45) is 0. The van der Waals surface area contributed by atoms with E-state index in [2.05, 4.69) is 137 Å². The van der Waals surface area contributed by atoms with E-state index in [0.29, 0.717) is 22.6 Å². The largest absolute Gasteiger partial charge is 0.495 e. The second kappa shape index (κ2) is 12.7. The van der Waals surface area contributed by atoms with Crippen molar-refractivity contribution < 1.29 is 4.74 Å². The lowest BCUT2D eigenvalue weighted by Crippen LogP contribution is -2.19. The predicted molar refractivity (Wildman–Crippen MR) is 176 cm³/mol. The molecule has 3 rings (SSSR count). The fraction of sp³-hybridized carbons (Fsp3) is 0.486.